The van der Waals surface area contributed by atoms with Gasteiger partial charge in [-0.05, 0) is 6.42 Å². The Hall–Kier alpha value is -2.43. The van der Waals surface area contributed by atoms with Crippen LogP contribution in [0, 0.1) is 0 Å². The van der Waals surface area contributed by atoms with Gasteiger partial charge in [0.1, 0.15) is 12.4 Å². The van der Waals surface area contributed by atoms with Gasteiger partial charge in [0.25, 0.3) is 5.82 Å². The molecular weight excluding hydrogens is 420 g/mol. The number of hydrogen-bond acceptors (Lipinski definition) is 2. The van der Waals surface area contributed by atoms with Gasteiger partial charge in [-0.25, -0.2) is 9.13 Å². The molecule has 4 heteroatoms. The second-order valence-corrected chi connectivity index (χ2v) is 9.36. The van der Waals surface area contributed by atoms with E-state index in [1.807, 2.05) is 89.2 Å². The smallest absolute Gasteiger partial charge is 0.300 e. The SMILES string of the molecule is CCCCCCCCCCCCOCn1cc[n+](C)c1C(O)(c1ccccc1)c1ccccc1. The predicted molar refractivity (Wildman–Crippen MR) is 138 cm³/mol. The number of aromatic nitrogens is 2. The van der Waals surface area contributed by atoms with Crippen LogP contribution in [-0.2, 0) is 24.1 Å². The molecule has 1 heterocycles. The summed E-state index contributed by atoms with van der Waals surface area (Å²) < 4.78 is 10.1. The van der Waals surface area contributed by atoms with E-state index in [-0.39, 0.29) is 0 Å². The number of hydrogen-bond donors (Lipinski definition) is 1. The molecule has 0 fully saturated rings. The number of nitrogens with zero attached hydrogens (tertiary/aromatic N) is 2. The van der Waals surface area contributed by atoms with Crippen molar-refractivity contribution in [3.05, 3.63) is 90.0 Å². The number of imidazole rings is 1. The summed E-state index contributed by atoms with van der Waals surface area (Å²) in [7, 11) is 1.98. The zero-order valence-electron chi connectivity index (χ0n) is 21.2. The van der Waals surface area contributed by atoms with Crippen LogP contribution in [-0.4, -0.2) is 16.3 Å². The van der Waals surface area contributed by atoms with E-state index >= 15 is 0 Å². The molecule has 0 saturated carbocycles. The van der Waals surface area contributed by atoms with E-state index in [9.17, 15) is 5.11 Å². The van der Waals surface area contributed by atoms with Gasteiger partial charge in [-0.1, -0.05) is 125 Å². The molecule has 3 aromatic rings. The molecule has 1 aromatic heterocycles. The Labute approximate surface area is 206 Å². The van der Waals surface area contributed by atoms with E-state index < -0.39 is 5.60 Å². The second kappa shape index (κ2) is 14.1. The van der Waals surface area contributed by atoms with Crippen molar-refractivity contribution in [2.45, 2.75) is 83.5 Å². The topological polar surface area (TPSA) is 38.3 Å². The lowest BCUT2D eigenvalue weighted by Gasteiger charge is -2.26. The molecule has 1 N–H and O–H groups in total. The second-order valence-electron chi connectivity index (χ2n) is 9.36. The first-order chi connectivity index (χ1) is 16.7. The maximum absolute atomic E-state index is 12.2. The molecule has 0 aliphatic rings. The standard InChI is InChI=1S/C30H43N2O2/c1-3-4-5-6-7-8-9-10-11-18-25-34-26-32-24-23-31(2)29(32)30(33,27-19-14-12-15-20-27)28-21-16-13-17-22-28/h12-17,19-24,33H,3-11,18,25-26H2,1-2H3/q+1. The van der Waals surface area contributed by atoms with Crippen molar-refractivity contribution in [3.8, 4) is 0 Å². The molecule has 0 saturated heterocycles. The van der Waals surface area contributed by atoms with Crippen molar-refractivity contribution >= 4 is 0 Å². The van der Waals surface area contributed by atoms with Crippen molar-refractivity contribution in [3.63, 3.8) is 0 Å². The first kappa shape index (κ1) is 26.2. The fourth-order valence-corrected chi connectivity index (χ4v) is 4.73. The number of rotatable bonds is 16. The molecule has 0 radical (unpaired) electrons. The van der Waals surface area contributed by atoms with Gasteiger partial charge in [-0.15, -0.1) is 0 Å². The number of aliphatic hydroxyl groups is 1. The molecule has 184 valence electrons. The highest BCUT2D eigenvalue weighted by Crippen LogP contribution is 2.34. The molecule has 0 amide bonds. The Balaban J connectivity index is 1.55. The van der Waals surface area contributed by atoms with Crippen molar-refractivity contribution in [1.29, 1.82) is 0 Å². The van der Waals surface area contributed by atoms with Crippen LogP contribution >= 0.6 is 0 Å². The van der Waals surface area contributed by atoms with Gasteiger partial charge in [-0.3, -0.25) is 0 Å². The first-order valence-corrected chi connectivity index (χ1v) is 13.1. The molecule has 3 rings (SSSR count). The van der Waals surface area contributed by atoms with Crippen molar-refractivity contribution in [2.24, 2.45) is 7.05 Å². The fraction of sp³-hybridized carbons (Fsp3) is 0.500. The lowest BCUT2D eigenvalue weighted by molar-refractivity contribution is -0.684. The van der Waals surface area contributed by atoms with E-state index in [4.69, 9.17) is 4.74 Å². The molecule has 4 nitrogen and oxygen atoms in total. The zero-order chi connectivity index (χ0) is 24.1. The van der Waals surface area contributed by atoms with E-state index in [1.54, 1.807) is 0 Å². The van der Waals surface area contributed by atoms with E-state index in [0.717, 1.165) is 30.0 Å². The Bertz CT molecular complexity index is 897. The monoisotopic (exact) mass is 463 g/mol. The molecule has 0 spiro atoms. The predicted octanol–water partition coefficient (Wildman–Crippen LogP) is 6.49. The highest BCUT2D eigenvalue weighted by molar-refractivity contribution is 5.41. The quantitative estimate of drug-likeness (QED) is 0.195. The normalized spacial score (nSPS) is 11.7. The summed E-state index contributed by atoms with van der Waals surface area (Å²) in [5, 5.41) is 12.2. The zero-order valence-corrected chi connectivity index (χ0v) is 21.2. The maximum Gasteiger partial charge on any atom is 0.300 e. The highest BCUT2D eigenvalue weighted by atomic mass is 16.5. The number of benzene rings is 2. The summed E-state index contributed by atoms with van der Waals surface area (Å²) in [5.74, 6) is 0.785. The van der Waals surface area contributed by atoms with Gasteiger partial charge in [0.2, 0.25) is 5.60 Å². The molecule has 0 aliphatic heterocycles. The minimum atomic E-state index is -1.28. The number of ether oxygens (including phenoxy) is 1. The largest absolute Gasteiger partial charge is 0.370 e. The maximum atomic E-state index is 12.2. The fourth-order valence-electron chi connectivity index (χ4n) is 4.73. The van der Waals surface area contributed by atoms with Gasteiger partial charge in [0.15, 0.2) is 6.73 Å². The van der Waals surface area contributed by atoms with Crippen LogP contribution in [0.15, 0.2) is 73.1 Å². The molecule has 0 aliphatic carbocycles. The summed E-state index contributed by atoms with van der Waals surface area (Å²) in [5.41, 5.74) is 0.402. The summed E-state index contributed by atoms with van der Waals surface area (Å²) >= 11 is 0. The third-order valence-corrected chi connectivity index (χ3v) is 6.66. The van der Waals surface area contributed by atoms with Crippen LogP contribution < -0.4 is 4.57 Å². The van der Waals surface area contributed by atoms with Crippen LogP contribution in [0.25, 0.3) is 0 Å². The van der Waals surface area contributed by atoms with Crippen LogP contribution in [0.1, 0.15) is 88.1 Å². The van der Waals surface area contributed by atoms with E-state index in [1.165, 1.54) is 57.8 Å². The van der Waals surface area contributed by atoms with E-state index in [2.05, 4.69) is 6.92 Å². The van der Waals surface area contributed by atoms with Crippen molar-refractivity contribution in [2.75, 3.05) is 6.61 Å². The molecule has 0 atom stereocenters. The van der Waals surface area contributed by atoms with Crippen molar-refractivity contribution < 1.29 is 14.4 Å². The van der Waals surface area contributed by atoms with Crippen molar-refractivity contribution in [1.82, 2.24) is 4.57 Å². The molecule has 34 heavy (non-hydrogen) atoms. The molecular formula is C30H43N2O2+. The highest BCUT2D eigenvalue weighted by Gasteiger charge is 2.44. The Morgan fingerprint density at radius 1 is 0.765 bits per heavy atom. The first-order valence-electron chi connectivity index (χ1n) is 13.1. The average Bonchev–Trinajstić information content (AvgIpc) is 3.25. The van der Waals surface area contributed by atoms with Crippen LogP contribution in [0.5, 0.6) is 0 Å². The third-order valence-electron chi connectivity index (χ3n) is 6.66. The molecule has 0 bridgehead atoms. The summed E-state index contributed by atoms with van der Waals surface area (Å²) in [6.07, 6.45) is 17.2. The molecule has 0 unspecified atom stereocenters. The minimum Gasteiger partial charge on any atom is -0.370 e. The van der Waals surface area contributed by atoms with Gasteiger partial charge in [0, 0.05) is 11.1 Å². The van der Waals surface area contributed by atoms with E-state index in [0.29, 0.717) is 6.73 Å². The van der Waals surface area contributed by atoms with Gasteiger partial charge < -0.3 is 9.84 Å². The Morgan fingerprint density at radius 2 is 1.26 bits per heavy atom. The minimum absolute atomic E-state index is 0.426. The molecule has 2 aromatic carbocycles. The van der Waals surface area contributed by atoms with Crippen LogP contribution in [0.3, 0.4) is 0 Å². The lowest BCUT2D eigenvalue weighted by atomic mass is 9.85. The van der Waals surface area contributed by atoms with Gasteiger partial charge >= 0.3 is 0 Å². The lowest BCUT2D eigenvalue weighted by Crippen LogP contribution is -2.45. The van der Waals surface area contributed by atoms with Gasteiger partial charge in [0.05, 0.1) is 13.7 Å². The van der Waals surface area contributed by atoms with Crippen LogP contribution in [0.4, 0.5) is 0 Å². The summed E-state index contributed by atoms with van der Waals surface area (Å²) in [6.45, 7) is 3.44. The van der Waals surface area contributed by atoms with Gasteiger partial charge in [-0.2, -0.15) is 0 Å². The Kier molecular flexibility index (Phi) is 10.8. The Morgan fingerprint density at radius 3 is 1.79 bits per heavy atom. The number of aryl methyl sites for hydroxylation is 1. The van der Waals surface area contributed by atoms with Crippen LogP contribution in [0.2, 0.25) is 0 Å². The third kappa shape index (κ3) is 7.04. The summed E-state index contributed by atoms with van der Waals surface area (Å²) in [6, 6.07) is 19.8. The summed E-state index contributed by atoms with van der Waals surface area (Å²) in [4.78, 5) is 0. The average molecular weight is 464 g/mol. The number of unbranched alkanes of at least 4 members (excludes halogenated alkanes) is 9.